The summed E-state index contributed by atoms with van der Waals surface area (Å²) in [6.07, 6.45) is 5.09. The predicted octanol–water partition coefficient (Wildman–Crippen LogP) is 2.00. The molecule has 5 heteroatoms. The van der Waals surface area contributed by atoms with Gasteiger partial charge in [-0.25, -0.2) is 9.97 Å². The number of hydrogen-bond donors (Lipinski definition) is 0. The second-order valence-electron chi connectivity index (χ2n) is 4.22. The maximum Gasteiger partial charge on any atom is 0.274 e. The quantitative estimate of drug-likeness (QED) is 0.753. The third-order valence-electron chi connectivity index (χ3n) is 2.78. The summed E-state index contributed by atoms with van der Waals surface area (Å²) in [4.78, 5) is 21.7. The van der Waals surface area contributed by atoms with Crippen LogP contribution in [-0.4, -0.2) is 33.9 Å². The summed E-state index contributed by atoms with van der Waals surface area (Å²) in [6.45, 7) is 3.78. The lowest BCUT2D eigenvalue weighted by Gasteiger charge is -2.30. The average molecular weight is 240 g/mol. The van der Waals surface area contributed by atoms with Gasteiger partial charge in [-0.15, -0.1) is 0 Å². The first kappa shape index (κ1) is 11.3. The lowest BCUT2D eigenvalue weighted by molar-refractivity contribution is 0.0676. The van der Waals surface area contributed by atoms with Crippen LogP contribution in [0.2, 0.25) is 5.15 Å². The van der Waals surface area contributed by atoms with Gasteiger partial charge in [0.05, 0.1) is 12.4 Å². The summed E-state index contributed by atoms with van der Waals surface area (Å²) < 4.78 is 0. The molecule has 1 unspecified atom stereocenters. The van der Waals surface area contributed by atoms with Crippen molar-refractivity contribution >= 4 is 17.5 Å². The van der Waals surface area contributed by atoms with Crippen LogP contribution in [0, 0.1) is 5.92 Å². The molecule has 1 fully saturated rings. The lowest BCUT2D eigenvalue weighted by atomic mass is 10.0. The van der Waals surface area contributed by atoms with Gasteiger partial charge in [0.1, 0.15) is 10.8 Å². The number of carbonyl (C=O) groups is 1. The van der Waals surface area contributed by atoms with Crippen molar-refractivity contribution in [2.24, 2.45) is 5.92 Å². The van der Waals surface area contributed by atoms with E-state index in [0.29, 0.717) is 16.8 Å². The van der Waals surface area contributed by atoms with Crippen molar-refractivity contribution in [3.63, 3.8) is 0 Å². The minimum atomic E-state index is -0.0456. The minimum absolute atomic E-state index is 0.0456. The summed E-state index contributed by atoms with van der Waals surface area (Å²) in [6, 6.07) is 0. The van der Waals surface area contributed by atoms with E-state index in [1.54, 1.807) is 0 Å². The average Bonchev–Trinajstić information content (AvgIpc) is 2.29. The van der Waals surface area contributed by atoms with Gasteiger partial charge in [-0.3, -0.25) is 4.79 Å². The smallest absolute Gasteiger partial charge is 0.274 e. The van der Waals surface area contributed by atoms with Crippen molar-refractivity contribution in [2.75, 3.05) is 13.1 Å². The maximum absolute atomic E-state index is 12.0. The first-order chi connectivity index (χ1) is 7.66. The Bertz CT molecular complexity index is 379. The Kier molecular flexibility index (Phi) is 3.39. The van der Waals surface area contributed by atoms with E-state index in [2.05, 4.69) is 16.9 Å². The van der Waals surface area contributed by atoms with Crippen molar-refractivity contribution in [1.29, 1.82) is 0 Å². The monoisotopic (exact) mass is 239 g/mol. The van der Waals surface area contributed by atoms with Gasteiger partial charge in [-0.05, 0) is 18.8 Å². The SMILES string of the molecule is CC1CCCN(C(=O)c2cnc(Cl)cn2)C1. The van der Waals surface area contributed by atoms with Crippen LogP contribution in [0.4, 0.5) is 0 Å². The molecule has 4 nitrogen and oxygen atoms in total. The zero-order chi connectivity index (χ0) is 11.5. The molecule has 0 bridgehead atoms. The van der Waals surface area contributed by atoms with E-state index in [1.165, 1.54) is 18.8 Å². The van der Waals surface area contributed by atoms with Gasteiger partial charge in [0.2, 0.25) is 0 Å². The summed E-state index contributed by atoms with van der Waals surface area (Å²) >= 11 is 5.63. The van der Waals surface area contributed by atoms with Gasteiger partial charge >= 0.3 is 0 Å². The minimum Gasteiger partial charge on any atom is -0.337 e. The standard InChI is InChI=1S/C11H14ClN3O/c1-8-3-2-4-15(7-8)11(16)9-5-14-10(12)6-13-9/h5-6,8H,2-4,7H2,1H3. The molecule has 1 aromatic rings. The summed E-state index contributed by atoms with van der Waals surface area (Å²) in [5, 5.41) is 0.309. The van der Waals surface area contributed by atoms with Gasteiger partial charge < -0.3 is 4.90 Å². The first-order valence-electron chi connectivity index (χ1n) is 5.43. The Balaban J connectivity index is 2.09. The van der Waals surface area contributed by atoms with Crippen molar-refractivity contribution in [2.45, 2.75) is 19.8 Å². The Morgan fingerprint density at radius 2 is 2.31 bits per heavy atom. The highest BCUT2D eigenvalue weighted by Gasteiger charge is 2.22. The molecule has 0 spiro atoms. The zero-order valence-electron chi connectivity index (χ0n) is 9.19. The maximum atomic E-state index is 12.0. The number of likely N-dealkylation sites (tertiary alicyclic amines) is 1. The fourth-order valence-corrected chi connectivity index (χ4v) is 2.06. The molecule has 0 N–H and O–H groups in total. The van der Waals surface area contributed by atoms with E-state index in [4.69, 9.17) is 11.6 Å². The molecule has 1 amide bonds. The number of carbonyl (C=O) groups excluding carboxylic acids is 1. The van der Waals surface area contributed by atoms with Crippen LogP contribution in [0.25, 0.3) is 0 Å². The molecule has 0 aliphatic carbocycles. The summed E-state index contributed by atoms with van der Waals surface area (Å²) in [5.74, 6) is 0.522. The molecule has 0 saturated carbocycles. The molecule has 1 aromatic heterocycles. The number of aromatic nitrogens is 2. The zero-order valence-corrected chi connectivity index (χ0v) is 9.94. The van der Waals surface area contributed by atoms with E-state index < -0.39 is 0 Å². The molecule has 86 valence electrons. The molecule has 2 heterocycles. The molecule has 0 aromatic carbocycles. The van der Waals surface area contributed by atoms with Crippen LogP contribution in [0.15, 0.2) is 12.4 Å². The second-order valence-corrected chi connectivity index (χ2v) is 4.61. The predicted molar refractivity (Wildman–Crippen MR) is 61.3 cm³/mol. The van der Waals surface area contributed by atoms with E-state index in [-0.39, 0.29) is 5.91 Å². The van der Waals surface area contributed by atoms with Crippen LogP contribution in [0.5, 0.6) is 0 Å². The van der Waals surface area contributed by atoms with E-state index >= 15 is 0 Å². The Hall–Kier alpha value is -1.16. The summed E-state index contributed by atoms with van der Waals surface area (Å²) in [7, 11) is 0. The van der Waals surface area contributed by atoms with Crippen molar-refractivity contribution in [3.8, 4) is 0 Å². The van der Waals surface area contributed by atoms with Crippen LogP contribution >= 0.6 is 11.6 Å². The van der Waals surface area contributed by atoms with Crippen LogP contribution < -0.4 is 0 Å². The van der Waals surface area contributed by atoms with Crippen molar-refractivity contribution in [1.82, 2.24) is 14.9 Å². The van der Waals surface area contributed by atoms with Crippen molar-refractivity contribution < 1.29 is 4.79 Å². The van der Waals surface area contributed by atoms with Crippen LogP contribution in [0.1, 0.15) is 30.3 Å². The molecular weight excluding hydrogens is 226 g/mol. The fraction of sp³-hybridized carbons (Fsp3) is 0.545. The highest BCUT2D eigenvalue weighted by Crippen LogP contribution is 2.17. The van der Waals surface area contributed by atoms with Gasteiger partial charge in [-0.1, -0.05) is 18.5 Å². The highest BCUT2D eigenvalue weighted by molar-refractivity contribution is 6.29. The van der Waals surface area contributed by atoms with E-state index in [9.17, 15) is 4.79 Å². The lowest BCUT2D eigenvalue weighted by Crippen LogP contribution is -2.39. The van der Waals surface area contributed by atoms with Gasteiger partial charge in [0.15, 0.2) is 0 Å². The number of rotatable bonds is 1. The van der Waals surface area contributed by atoms with Gasteiger partial charge in [-0.2, -0.15) is 0 Å². The molecule has 1 aliphatic heterocycles. The highest BCUT2D eigenvalue weighted by atomic mass is 35.5. The topological polar surface area (TPSA) is 46.1 Å². The Morgan fingerprint density at radius 1 is 1.50 bits per heavy atom. The number of amides is 1. The summed E-state index contributed by atoms with van der Waals surface area (Å²) in [5.41, 5.74) is 0.374. The normalized spacial score (nSPS) is 20.9. The van der Waals surface area contributed by atoms with Gasteiger partial charge in [0, 0.05) is 13.1 Å². The van der Waals surface area contributed by atoms with Crippen LogP contribution in [-0.2, 0) is 0 Å². The number of hydrogen-bond acceptors (Lipinski definition) is 3. The molecule has 0 radical (unpaired) electrons. The number of piperidine rings is 1. The molecule has 16 heavy (non-hydrogen) atoms. The van der Waals surface area contributed by atoms with Gasteiger partial charge in [0.25, 0.3) is 5.91 Å². The van der Waals surface area contributed by atoms with Crippen molar-refractivity contribution in [3.05, 3.63) is 23.2 Å². The third-order valence-corrected chi connectivity index (χ3v) is 2.98. The molecule has 1 saturated heterocycles. The first-order valence-corrected chi connectivity index (χ1v) is 5.81. The molecule has 1 aliphatic rings. The Morgan fingerprint density at radius 3 is 2.94 bits per heavy atom. The molecule has 1 atom stereocenters. The number of nitrogens with zero attached hydrogens (tertiary/aromatic N) is 3. The Labute approximate surface area is 99.6 Å². The molecular formula is C11H14ClN3O. The molecule has 2 rings (SSSR count). The van der Waals surface area contributed by atoms with Crippen LogP contribution in [0.3, 0.4) is 0 Å². The van der Waals surface area contributed by atoms with E-state index in [0.717, 1.165) is 19.5 Å². The fourth-order valence-electron chi connectivity index (χ4n) is 1.96. The number of halogens is 1. The third kappa shape index (κ3) is 2.50. The largest absolute Gasteiger partial charge is 0.337 e. The second kappa shape index (κ2) is 4.78. The van der Waals surface area contributed by atoms with E-state index in [1.807, 2.05) is 4.90 Å².